The van der Waals surface area contributed by atoms with Crippen LogP contribution in [0.5, 0.6) is 5.75 Å². The number of nitrogens with one attached hydrogen (secondary N) is 1. The molecule has 2 aromatic rings. The summed E-state index contributed by atoms with van der Waals surface area (Å²) in [6.45, 7) is 8.10. The number of carbonyl (C=O) groups is 1. The molecule has 0 heterocycles. The molecule has 5 nitrogen and oxygen atoms in total. The van der Waals surface area contributed by atoms with E-state index in [-0.39, 0.29) is 0 Å². The zero-order valence-corrected chi connectivity index (χ0v) is 19.7. The molecule has 0 radical (unpaired) electrons. The average molecular weight is 432 g/mol. The summed E-state index contributed by atoms with van der Waals surface area (Å²) in [6.07, 6.45) is -0.434. The Morgan fingerprint density at radius 3 is 2.10 bits per heavy atom. The fourth-order valence-corrected chi connectivity index (χ4v) is 4.37. The van der Waals surface area contributed by atoms with Gasteiger partial charge in [-0.3, -0.25) is 0 Å². The van der Waals surface area contributed by atoms with Crippen LogP contribution in [0.15, 0.2) is 58.0 Å². The van der Waals surface area contributed by atoms with Crippen molar-refractivity contribution >= 4 is 35.7 Å². The summed E-state index contributed by atoms with van der Waals surface area (Å²) in [5, 5.41) is 0.989. The van der Waals surface area contributed by atoms with Crippen LogP contribution >= 0.6 is 23.9 Å². The van der Waals surface area contributed by atoms with Gasteiger partial charge in [-0.25, -0.2) is 9.10 Å². The first-order chi connectivity index (χ1) is 13.7. The summed E-state index contributed by atoms with van der Waals surface area (Å²) in [6, 6.07) is 13.9. The van der Waals surface area contributed by atoms with E-state index in [4.69, 9.17) is 4.74 Å². The number of nitrogens with zero attached hydrogens (tertiary/aromatic N) is 2. The number of allylic oxidation sites excluding steroid dienone is 1. The Morgan fingerprint density at radius 1 is 1.00 bits per heavy atom. The molecule has 1 N–H and O–H groups in total. The first kappa shape index (κ1) is 23.0. The number of hydrogen-bond donors (Lipinski definition) is 1. The molecule has 7 heteroatoms. The molecule has 0 fully saturated rings. The Hall–Kier alpha value is -2.25. The second-order valence-corrected chi connectivity index (χ2v) is 9.12. The number of thioether (sulfide) groups is 1. The van der Waals surface area contributed by atoms with Gasteiger partial charge in [0.15, 0.2) is 0 Å². The summed E-state index contributed by atoms with van der Waals surface area (Å²) < 4.78 is 10.3. The van der Waals surface area contributed by atoms with Crippen molar-refractivity contribution in [3.63, 3.8) is 0 Å². The zero-order chi connectivity index (χ0) is 21.6. The quantitative estimate of drug-likeness (QED) is 0.429. The number of ether oxygens (including phenoxy) is 1. The number of amides is 1. The van der Waals surface area contributed by atoms with E-state index in [1.807, 2.05) is 72.1 Å². The molecule has 2 rings (SSSR count). The van der Waals surface area contributed by atoms with Crippen LogP contribution in [0.2, 0.25) is 0 Å². The van der Waals surface area contributed by atoms with E-state index in [0.717, 1.165) is 32.3 Å². The van der Waals surface area contributed by atoms with Crippen LogP contribution in [0.3, 0.4) is 0 Å². The fraction of sp³-hybridized carbons (Fsp3) is 0.318. The standard InChI is InChI=1S/C22H29N3O2S2/c1-15(2)21(28-19-11-9-8-10-12-19)23-29-25(7)22(26)27-18-13-16(3)20(24(5)6)17(4)14-18/h8-14,23H,1-7H3. The number of hydrogen-bond acceptors (Lipinski definition) is 6. The van der Waals surface area contributed by atoms with Crippen LogP contribution in [0.4, 0.5) is 10.5 Å². The highest BCUT2D eigenvalue weighted by Crippen LogP contribution is 2.30. The molecule has 29 heavy (non-hydrogen) atoms. The van der Waals surface area contributed by atoms with Gasteiger partial charge >= 0.3 is 6.09 Å². The van der Waals surface area contributed by atoms with E-state index in [0.29, 0.717) is 5.75 Å². The van der Waals surface area contributed by atoms with Crippen molar-refractivity contribution in [2.75, 3.05) is 26.0 Å². The van der Waals surface area contributed by atoms with Gasteiger partial charge < -0.3 is 14.4 Å². The Bertz CT molecular complexity index is 856. The summed E-state index contributed by atoms with van der Waals surface area (Å²) in [5.41, 5.74) is 4.41. The van der Waals surface area contributed by atoms with E-state index < -0.39 is 6.09 Å². The molecule has 156 valence electrons. The van der Waals surface area contributed by atoms with Gasteiger partial charge in [0.1, 0.15) is 5.75 Å². The summed E-state index contributed by atoms with van der Waals surface area (Å²) >= 11 is 2.82. The molecule has 0 bridgehead atoms. The van der Waals surface area contributed by atoms with Crippen LogP contribution in [0.1, 0.15) is 25.0 Å². The molecule has 0 spiro atoms. The largest absolute Gasteiger partial charge is 0.426 e. The van der Waals surface area contributed by atoms with E-state index in [1.54, 1.807) is 18.8 Å². The third-order valence-electron chi connectivity index (χ3n) is 4.07. The van der Waals surface area contributed by atoms with Crippen molar-refractivity contribution < 1.29 is 9.53 Å². The van der Waals surface area contributed by atoms with Gasteiger partial charge in [0.2, 0.25) is 0 Å². The Balaban J connectivity index is 1.99. The maximum absolute atomic E-state index is 12.5. The predicted octanol–water partition coefficient (Wildman–Crippen LogP) is 6.00. The summed E-state index contributed by atoms with van der Waals surface area (Å²) in [5.74, 6) is 0.546. The van der Waals surface area contributed by atoms with Crippen LogP contribution in [-0.2, 0) is 0 Å². The summed E-state index contributed by atoms with van der Waals surface area (Å²) in [7, 11) is 5.69. The van der Waals surface area contributed by atoms with Gasteiger partial charge in [-0.05, 0) is 68.7 Å². The third kappa shape index (κ3) is 6.65. The average Bonchev–Trinajstić information content (AvgIpc) is 2.64. The number of rotatable bonds is 7. The SMILES string of the molecule is CC(C)=C(NSN(C)C(=O)Oc1cc(C)c(N(C)C)c(C)c1)Sc1ccccc1. The van der Waals surface area contributed by atoms with E-state index in [1.165, 1.54) is 16.4 Å². The van der Waals surface area contributed by atoms with Crippen LogP contribution < -0.4 is 14.4 Å². The maximum Gasteiger partial charge on any atom is 0.426 e. The first-order valence-corrected chi connectivity index (χ1v) is 10.9. The number of anilines is 1. The lowest BCUT2D eigenvalue weighted by Gasteiger charge is -2.21. The molecule has 0 aliphatic carbocycles. The molecular formula is C22H29N3O2S2. The normalized spacial score (nSPS) is 10.3. The van der Waals surface area contributed by atoms with Gasteiger partial charge in [0.05, 0.1) is 17.2 Å². The zero-order valence-electron chi connectivity index (χ0n) is 18.1. The van der Waals surface area contributed by atoms with Crippen LogP contribution in [0.25, 0.3) is 0 Å². The molecule has 0 aromatic heterocycles. The van der Waals surface area contributed by atoms with Crippen molar-refractivity contribution in [2.45, 2.75) is 32.6 Å². The van der Waals surface area contributed by atoms with Crippen molar-refractivity contribution in [1.29, 1.82) is 0 Å². The van der Waals surface area contributed by atoms with Crippen molar-refractivity contribution in [2.24, 2.45) is 0 Å². The molecule has 1 amide bonds. The highest BCUT2D eigenvalue weighted by molar-refractivity contribution is 8.04. The van der Waals surface area contributed by atoms with E-state index >= 15 is 0 Å². The lowest BCUT2D eigenvalue weighted by atomic mass is 10.1. The third-order valence-corrected chi connectivity index (χ3v) is 6.14. The summed E-state index contributed by atoms with van der Waals surface area (Å²) in [4.78, 5) is 15.7. The Kier molecular flexibility index (Phi) is 8.34. The topological polar surface area (TPSA) is 44.8 Å². The van der Waals surface area contributed by atoms with Crippen molar-refractivity contribution in [3.05, 3.63) is 64.2 Å². The molecule has 0 atom stereocenters. The fourth-order valence-electron chi connectivity index (χ4n) is 2.82. The minimum absolute atomic E-state index is 0.434. The Morgan fingerprint density at radius 2 is 1.59 bits per heavy atom. The minimum atomic E-state index is -0.434. The Labute approximate surface area is 182 Å². The monoisotopic (exact) mass is 431 g/mol. The van der Waals surface area contributed by atoms with Crippen LogP contribution in [-0.4, -0.2) is 31.5 Å². The highest BCUT2D eigenvalue weighted by atomic mass is 32.2. The predicted molar refractivity (Wildman–Crippen MR) is 125 cm³/mol. The lowest BCUT2D eigenvalue weighted by molar-refractivity contribution is 0.187. The lowest BCUT2D eigenvalue weighted by Crippen LogP contribution is -2.27. The number of carbonyl (C=O) groups excluding carboxylic acids is 1. The molecule has 0 saturated carbocycles. The second-order valence-electron chi connectivity index (χ2n) is 7.10. The minimum Gasteiger partial charge on any atom is -0.410 e. The molecule has 2 aromatic carbocycles. The van der Waals surface area contributed by atoms with Crippen molar-refractivity contribution in [3.8, 4) is 5.75 Å². The van der Waals surface area contributed by atoms with Gasteiger partial charge in [-0.15, -0.1) is 0 Å². The molecular weight excluding hydrogens is 402 g/mol. The van der Waals surface area contributed by atoms with Crippen molar-refractivity contribution in [1.82, 2.24) is 9.03 Å². The maximum atomic E-state index is 12.5. The first-order valence-electron chi connectivity index (χ1n) is 9.26. The van der Waals surface area contributed by atoms with Crippen LogP contribution in [0, 0.1) is 13.8 Å². The number of aryl methyl sites for hydroxylation is 2. The molecule has 0 saturated heterocycles. The second kappa shape index (κ2) is 10.5. The molecule has 0 aliphatic rings. The van der Waals surface area contributed by atoms with E-state index in [2.05, 4.69) is 21.8 Å². The number of benzene rings is 2. The van der Waals surface area contributed by atoms with Gasteiger partial charge in [0, 0.05) is 31.7 Å². The molecule has 0 unspecified atom stereocenters. The highest BCUT2D eigenvalue weighted by Gasteiger charge is 2.16. The molecule has 0 aliphatic heterocycles. The smallest absolute Gasteiger partial charge is 0.410 e. The van der Waals surface area contributed by atoms with E-state index in [9.17, 15) is 4.79 Å². The van der Waals surface area contributed by atoms with Gasteiger partial charge in [-0.2, -0.15) is 0 Å². The van der Waals surface area contributed by atoms with Gasteiger partial charge in [-0.1, -0.05) is 30.0 Å². The van der Waals surface area contributed by atoms with Gasteiger partial charge in [0.25, 0.3) is 0 Å².